The van der Waals surface area contributed by atoms with Crippen molar-refractivity contribution in [1.29, 1.82) is 0 Å². The molecule has 2 N–H and O–H groups in total. The zero-order chi connectivity index (χ0) is 18.1. The number of nitro benzene ring substituents is 1. The van der Waals surface area contributed by atoms with Crippen molar-refractivity contribution in [2.45, 2.75) is 26.3 Å². The summed E-state index contributed by atoms with van der Waals surface area (Å²) in [5.74, 6) is 1.10. The molecule has 0 saturated heterocycles. The van der Waals surface area contributed by atoms with Crippen LogP contribution in [-0.4, -0.2) is 24.0 Å². The van der Waals surface area contributed by atoms with Crippen LogP contribution in [0.15, 0.2) is 59.6 Å². The molecule has 140 valence electrons. The van der Waals surface area contributed by atoms with E-state index >= 15 is 0 Å². The van der Waals surface area contributed by atoms with Crippen molar-refractivity contribution < 1.29 is 4.92 Å². The average molecular weight is 468 g/mol. The summed E-state index contributed by atoms with van der Waals surface area (Å²) in [5.41, 5.74) is 2.30. The molecule has 0 aliphatic carbocycles. The Labute approximate surface area is 171 Å². The van der Waals surface area contributed by atoms with Gasteiger partial charge in [-0.3, -0.25) is 10.1 Å². The Kier molecular flexibility index (Phi) is 9.64. The molecule has 0 aliphatic heterocycles. The van der Waals surface area contributed by atoms with Gasteiger partial charge in [-0.1, -0.05) is 49.4 Å². The highest BCUT2D eigenvalue weighted by Gasteiger charge is 2.07. The number of nitrogens with zero attached hydrogens (tertiary/aromatic N) is 2. The summed E-state index contributed by atoms with van der Waals surface area (Å²) < 4.78 is 0. The van der Waals surface area contributed by atoms with Crippen LogP contribution in [0.2, 0.25) is 0 Å². The molecule has 0 aliphatic rings. The Morgan fingerprint density at radius 3 is 2.35 bits per heavy atom. The molecule has 0 saturated carbocycles. The molecule has 0 amide bonds. The second-order valence-electron chi connectivity index (χ2n) is 5.81. The lowest BCUT2D eigenvalue weighted by Crippen LogP contribution is -2.39. The first-order valence-electron chi connectivity index (χ1n) is 8.40. The molecular formula is C19H25IN4O2. The van der Waals surface area contributed by atoms with Crippen LogP contribution in [0.5, 0.6) is 0 Å². The molecule has 0 aromatic heterocycles. The zero-order valence-corrected chi connectivity index (χ0v) is 17.3. The standard InChI is InChI=1S/C19H24N4O2.HI/c1-3-20-19(21-13-15(2)17-7-5-4-6-8-17)22-14-16-9-11-18(12-10-16)23(24)25;/h4-12,15H,3,13-14H2,1-2H3,(H2,20,21,22);1H. The summed E-state index contributed by atoms with van der Waals surface area (Å²) in [6.07, 6.45) is 0. The second kappa shape index (κ2) is 11.5. The SMILES string of the molecule is CCNC(=NCc1ccc([N+](=O)[O-])cc1)NCC(C)c1ccccc1.I. The fourth-order valence-corrected chi connectivity index (χ4v) is 2.38. The minimum Gasteiger partial charge on any atom is -0.357 e. The van der Waals surface area contributed by atoms with E-state index in [9.17, 15) is 10.1 Å². The molecular weight excluding hydrogens is 443 g/mol. The minimum atomic E-state index is -0.399. The van der Waals surface area contributed by atoms with E-state index in [1.54, 1.807) is 12.1 Å². The van der Waals surface area contributed by atoms with Crippen molar-refractivity contribution >= 4 is 35.6 Å². The number of nitrogens with one attached hydrogen (secondary N) is 2. The summed E-state index contributed by atoms with van der Waals surface area (Å²) in [5, 5.41) is 17.3. The largest absolute Gasteiger partial charge is 0.357 e. The van der Waals surface area contributed by atoms with E-state index in [4.69, 9.17) is 0 Å². The zero-order valence-electron chi connectivity index (χ0n) is 15.0. The number of rotatable bonds is 7. The fourth-order valence-electron chi connectivity index (χ4n) is 2.38. The van der Waals surface area contributed by atoms with Gasteiger partial charge in [-0.15, -0.1) is 24.0 Å². The molecule has 2 aromatic carbocycles. The smallest absolute Gasteiger partial charge is 0.269 e. The lowest BCUT2D eigenvalue weighted by atomic mass is 10.0. The molecule has 1 atom stereocenters. The van der Waals surface area contributed by atoms with Crippen LogP contribution < -0.4 is 10.6 Å². The fraction of sp³-hybridized carbons (Fsp3) is 0.316. The third-order valence-electron chi connectivity index (χ3n) is 3.86. The number of nitro groups is 1. The Balaban J connectivity index is 0.00000338. The molecule has 0 heterocycles. The van der Waals surface area contributed by atoms with Gasteiger partial charge in [0.2, 0.25) is 0 Å². The van der Waals surface area contributed by atoms with Crippen LogP contribution in [0.25, 0.3) is 0 Å². The molecule has 7 heteroatoms. The van der Waals surface area contributed by atoms with Gasteiger partial charge in [-0.25, -0.2) is 4.99 Å². The highest BCUT2D eigenvalue weighted by molar-refractivity contribution is 14.0. The van der Waals surface area contributed by atoms with E-state index in [1.165, 1.54) is 17.7 Å². The maximum Gasteiger partial charge on any atom is 0.269 e. The number of hydrogen-bond acceptors (Lipinski definition) is 3. The molecule has 0 spiro atoms. The van der Waals surface area contributed by atoms with Gasteiger partial charge in [0.05, 0.1) is 11.5 Å². The summed E-state index contributed by atoms with van der Waals surface area (Å²) in [4.78, 5) is 14.8. The van der Waals surface area contributed by atoms with Crippen molar-refractivity contribution in [1.82, 2.24) is 10.6 Å². The van der Waals surface area contributed by atoms with E-state index in [1.807, 2.05) is 25.1 Å². The van der Waals surface area contributed by atoms with Gasteiger partial charge in [0.25, 0.3) is 5.69 Å². The van der Waals surface area contributed by atoms with Crippen LogP contribution in [0.3, 0.4) is 0 Å². The van der Waals surface area contributed by atoms with Crippen molar-refractivity contribution in [2.24, 2.45) is 4.99 Å². The molecule has 6 nitrogen and oxygen atoms in total. The molecule has 0 bridgehead atoms. The van der Waals surface area contributed by atoms with Crippen LogP contribution >= 0.6 is 24.0 Å². The number of hydrogen-bond donors (Lipinski definition) is 2. The molecule has 2 rings (SSSR count). The summed E-state index contributed by atoms with van der Waals surface area (Å²) >= 11 is 0. The maximum absolute atomic E-state index is 10.7. The summed E-state index contributed by atoms with van der Waals surface area (Å²) in [7, 11) is 0. The van der Waals surface area contributed by atoms with Crippen LogP contribution in [0, 0.1) is 10.1 Å². The molecule has 0 fully saturated rings. The van der Waals surface area contributed by atoms with Gasteiger partial charge in [0.15, 0.2) is 5.96 Å². The van der Waals surface area contributed by atoms with E-state index in [2.05, 4.69) is 34.7 Å². The van der Waals surface area contributed by atoms with Gasteiger partial charge in [-0.2, -0.15) is 0 Å². The first kappa shape index (κ1) is 21.9. The number of non-ortho nitro benzene ring substituents is 1. The van der Waals surface area contributed by atoms with E-state index in [0.717, 1.165) is 24.6 Å². The van der Waals surface area contributed by atoms with Crippen molar-refractivity contribution in [3.8, 4) is 0 Å². The Morgan fingerprint density at radius 1 is 1.12 bits per heavy atom. The normalized spacial score (nSPS) is 12.0. The first-order chi connectivity index (χ1) is 12.1. The number of guanidine groups is 1. The quantitative estimate of drug-likeness (QED) is 0.211. The molecule has 1 unspecified atom stereocenters. The number of halogens is 1. The van der Waals surface area contributed by atoms with Crippen LogP contribution in [0.1, 0.15) is 30.9 Å². The third kappa shape index (κ3) is 6.99. The van der Waals surface area contributed by atoms with E-state index in [-0.39, 0.29) is 29.7 Å². The van der Waals surface area contributed by atoms with Gasteiger partial charge in [-0.05, 0) is 24.0 Å². The van der Waals surface area contributed by atoms with Crippen molar-refractivity contribution in [3.63, 3.8) is 0 Å². The average Bonchev–Trinajstić information content (AvgIpc) is 2.64. The third-order valence-corrected chi connectivity index (χ3v) is 3.86. The number of benzene rings is 2. The lowest BCUT2D eigenvalue weighted by molar-refractivity contribution is -0.384. The molecule has 2 aromatic rings. The second-order valence-corrected chi connectivity index (χ2v) is 5.81. The molecule has 0 radical (unpaired) electrons. The van der Waals surface area contributed by atoms with Gasteiger partial charge in [0.1, 0.15) is 0 Å². The van der Waals surface area contributed by atoms with Gasteiger partial charge in [0, 0.05) is 25.2 Å². The lowest BCUT2D eigenvalue weighted by Gasteiger charge is -2.16. The van der Waals surface area contributed by atoms with Crippen molar-refractivity contribution in [3.05, 3.63) is 75.8 Å². The predicted octanol–water partition coefficient (Wildman–Crippen LogP) is 4.07. The molecule has 26 heavy (non-hydrogen) atoms. The minimum absolute atomic E-state index is 0. The van der Waals surface area contributed by atoms with E-state index < -0.39 is 4.92 Å². The Hall–Kier alpha value is -2.16. The topological polar surface area (TPSA) is 79.6 Å². The van der Waals surface area contributed by atoms with Crippen molar-refractivity contribution in [2.75, 3.05) is 13.1 Å². The highest BCUT2D eigenvalue weighted by Crippen LogP contribution is 2.14. The highest BCUT2D eigenvalue weighted by atomic mass is 127. The Bertz CT molecular complexity index is 705. The van der Waals surface area contributed by atoms with Gasteiger partial charge < -0.3 is 10.6 Å². The first-order valence-corrected chi connectivity index (χ1v) is 8.40. The number of aliphatic imine (C=N–C) groups is 1. The van der Waals surface area contributed by atoms with E-state index in [0.29, 0.717) is 12.5 Å². The summed E-state index contributed by atoms with van der Waals surface area (Å²) in [6, 6.07) is 16.8. The Morgan fingerprint density at radius 2 is 1.77 bits per heavy atom. The summed E-state index contributed by atoms with van der Waals surface area (Å²) in [6.45, 7) is 6.20. The van der Waals surface area contributed by atoms with Gasteiger partial charge >= 0.3 is 0 Å². The monoisotopic (exact) mass is 468 g/mol. The van der Waals surface area contributed by atoms with Crippen LogP contribution in [-0.2, 0) is 6.54 Å². The van der Waals surface area contributed by atoms with Crippen LogP contribution in [0.4, 0.5) is 5.69 Å². The maximum atomic E-state index is 10.7. The predicted molar refractivity (Wildman–Crippen MR) is 116 cm³/mol.